The van der Waals surface area contributed by atoms with Crippen LogP contribution in [-0.4, -0.2) is 42.0 Å². The molecule has 0 bridgehead atoms. The molecule has 166 valence electrons. The van der Waals surface area contributed by atoms with Gasteiger partial charge in [0.1, 0.15) is 13.2 Å². The summed E-state index contributed by atoms with van der Waals surface area (Å²) in [5.41, 5.74) is 2.77. The maximum atomic E-state index is 13.5. The maximum Gasteiger partial charge on any atom is 0.305 e. The lowest BCUT2D eigenvalue weighted by atomic mass is 9.98. The number of hydrogen-bond donors (Lipinski definition) is 1. The molecule has 0 fully saturated rings. The van der Waals surface area contributed by atoms with Gasteiger partial charge in [-0.15, -0.1) is 11.8 Å². The molecule has 2 atom stereocenters. The second kappa shape index (κ2) is 9.13. The Bertz CT molecular complexity index is 1090. The number of amides is 1. The lowest BCUT2D eigenvalue weighted by Crippen LogP contribution is -2.40. The lowest BCUT2D eigenvalue weighted by molar-refractivity contribution is -0.138. The van der Waals surface area contributed by atoms with Crippen molar-refractivity contribution in [3.8, 4) is 17.6 Å². The zero-order valence-electron chi connectivity index (χ0n) is 17.9. The number of aliphatic carboxylic acids is 1. The van der Waals surface area contributed by atoms with Crippen LogP contribution in [0.1, 0.15) is 42.2 Å². The average molecular weight is 453 g/mol. The van der Waals surface area contributed by atoms with Crippen molar-refractivity contribution < 1.29 is 24.2 Å². The van der Waals surface area contributed by atoms with Crippen molar-refractivity contribution in [2.45, 2.75) is 30.8 Å². The highest BCUT2D eigenvalue weighted by Gasteiger charge is 2.39. The van der Waals surface area contributed by atoms with E-state index in [0.29, 0.717) is 42.5 Å². The van der Waals surface area contributed by atoms with E-state index >= 15 is 0 Å². The zero-order valence-corrected chi connectivity index (χ0v) is 18.7. The molecule has 8 heteroatoms. The number of hydrogen-bond acceptors (Lipinski definition) is 6. The van der Waals surface area contributed by atoms with Crippen LogP contribution in [0.3, 0.4) is 0 Å². The van der Waals surface area contributed by atoms with Crippen molar-refractivity contribution in [3.63, 3.8) is 0 Å². The Morgan fingerprint density at radius 2 is 2.03 bits per heavy atom. The largest absolute Gasteiger partial charge is 0.486 e. The summed E-state index contributed by atoms with van der Waals surface area (Å²) in [5.74, 6) is 0.134. The summed E-state index contributed by atoms with van der Waals surface area (Å²) >= 11 is 1.29. The summed E-state index contributed by atoms with van der Waals surface area (Å²) in [6, 6.07) is 13.1. The molecule has 0 saturated carbocycles. The molecule has 0 aliphatic carbocycles. The van der Waals surface area contributed by atoms with E-state index in [1.807, 2.05) is 32.0 Å². The molecule has 4 rings (SSSR count). The smallest absolute Gasteiger partial charge is 0.305 e. The summed E-state index contributed by atoms with van der Waals surface area (Å²) in [5, 5.41) is 17.9. The van der Waals surface area contributed by atoms with Gasteiger partial charge in [-0.05, 0) is 35.7 Å². The van der Waals surface area contributed by atoms with Crippen LogP contribution in [-0.2, 0) is 9.59 Å². The first-order valence-electron chi connectivity index (χ1n) is 10.5. The lowest BCUT2D eigenvalue weighted by Gasteiger charge is -2.27. The number of para-hydroxylation sites is 1. The van der Waals surface area contributed by atoms with Gasteiger partial charge in [0.2, 0.25) is 5.91 Å². The second-order valence-corrected chi connectivity index (χ2v) is 9.51. The molecule has 0 saturated heterocycles. The van der Waals surface area contributed by atoms with Crippen molar-refractivity contribution in [3.05, 3.63) is 53.1 Å². The minimum absolute atomic E-state index is 0.177. The van der Waals surface area contributed by atoms with E-state index in [1.54, 1.807) is 23.1 Å². The van der Waals surface area contributed by atoms with E-state index in [1.165, 1.54) is 11.8 Å². The van der Waals surface area contributed by atoms with Crippen molar-refractivity contribution in [1.29, 1.82) is 5.26 Å². The normalized spacial score (nSPS) is 19.8. The number of nitriles is 1. The van der Waals surface area contributed by atoms with E-state index in [4.69, 9.17) is 9.47 Å². The van der Waals surface area contributed by atoms with Gasteiger partial charge in [-0.25, -0.2) is 0 Å². The molecule has 0 aromatic heterocycles. The van der Waals surface area contributed by atoms with Crippen molar-refractivity contribution >= 4 is 29.3 Å². The van der Waals surface area contributed by atoms with Gasteiger partial charge in [-0.1, -0.05) is 26.0 Å². The number of carboxylic acid groups (broad SMARTS) is 1. The Morgan fingerprint density at radius 1 is 1.25 bits per heavy atom. The summed E-state index contributed by atoms with van der Waals surface area (Å²) in [6.07, 6.45) is -0.292. The fourth-order valence-electron chi connectivity index (χ4n) is 4.06. The molecule has 1 N–H and O–H groups in total. The van der Waals surface area contributed by atoms with E-state index in [9.17, 15) is 20.0 Å². The van der Waals surface area contributed by atoms with Crippen molar-refractivity contribution in [1.82, 2.24) is 0 Å². The first-order valence-corrected chi connectivity index (χ1v) is 11.4. The molecule has 0 spiro atoms. The number of carbonyl (C=O) groups excluding carboxylic acids is 1. The van der Waals surface area contributed by atoms with Gasteiger partial charge < -0.3 is 19.5 Å². The Kier molecular flexibility index (Phi) is 6.28. The van der Waals surface area contributed by atoms with Gasteiger partial charge in [0.25, 0.3) is 0 Å². The van der Waals surface area contributed by atoms with E-state index in [0.717, 1.165) is 11.1 Å². The van der Waals surface area contributed by atoms with Crippen molar-refractivity contribution in [2.75, 3.05) is 24.7 Å². The number of ether oxygens (including phenoxy) is 2. The first-order chi connectivity index (χ1) is 15.4. The Balaban J connectivity index is 1.93. The van der Waals surface area contributed by atoms with Gasteiger partial charge >= 0.3 is 5.97 Å². The third-order valence-corrected chi connectivity index (χ3v) is 6.84. The van der Waals surface area contributed by atoms with Gasteiger partial charge in [-0.3, -0.25) is 9.59 Å². The molecule has 0 radical (unpaired) electrons. The molecule has 2 heterocycles. The molecule has 1 amide bonds. The van der Waals surface area contributed by atoms with Crippen LogP contribution >= 0.6 is 11.8 Å². The Labute approximate surface area is 190 Å². The Hall–Kier alpha value is -3.18. The highest BCUT2D eigenvalue weighted by molar-refractivity contribution is 8.01. The summed E-state index contributed by atoms with van der Waals surface area (Å²) in [6.45, 7) is 5.33. The van der Waals surface area contributed by atoms with Crippen LogP contribution in [0, 0.1) is 17.2 Å². The minimum atomic E-state index is -1.03. The van der Waals surface area contributed by atoms with E-state index < -0.39 is 16.5 Å². The molecular weight excluding hydrogens is 428 g/mol. The van der Waals surface area contributed by atoms with Crippen LogP contribution < -0.4 is 14.4 Å². The van der Waals surface area contributed by atoms with Gasteiger partial charge in [-0.2, -0.15) is 5.26 Å². The average Bonchev–Trinajstić information content (AvgIpc) is 2.88. The zero-order chi connectivity index (χ0) is 22.8. The van der Waals surface area contributed by atoms with Gasteiger partial charge in [0.05, 0.1) is 28.6 Å². The number of carbonyl (C=O) groups is 2. The molecular formula is C24H24N2O5S. The number of fused-ring (bicyclic) bond motifs is 2. The predicted octanol–water partition coefficient (Wildman–Crippen LogP) is 4.00. The number of rotatable bonds is 5. The number of carboxylic acids is 1. The highest BCUT2D eigenvalue weighted by Crippen LogP contribution is 2.51. The Morgan fingerprint density at radius 3 is 2.75 bits per heavy atom. The predicted molar refractivity (Wildman–Crippen MR) is 121 cm³/mol. The minimum Gasteiger partial charge on any atom is -0.486 e. The fraction of sp³-hybridized carbons (Fsp3) is 0.375. The SMILES string of the molecule is CC(C)CN1C(=O)[C@@H](CC(=O)O)S[C@H](c2cccc3c2OCCO3)c2cc(C#N)ccc21. The second-order valence-electron chi connectivity index (χ2n) is 8.20. The van der Waals surface area contributed by atoms with Gasteiger partial charge in [0, 0.05) is 17.8 Å². The van der Waals surface area contributed by atoms with E-state index in [2.05, 4.69) is 6.07 Å². The number of nitrogens with zero attached hydrogens (tertiary/aromatic N) is 2. The van der Waals surface area contributed by atoms with E-state index in [-0.39, 0.29) is 18.2 Å². The molecule has 2 aromatic carbocycles. The van der Waals surface area contributed by atoms with Crippen LogP contribution in [0.4, 0.5) is 5.69 Å². The first kappa shape index (κ1) is 22.0. The summed E-state index contributed by atoms with van der Waals surface area (Å²) in [7, 11) is 0. The van der Waals surface area contributed by atoms with Gasteiger partial charge in [0.15, 0.2) is 11.5 Å². The van der Waals surface area contributed by atoms with Crippen molar-refractivity contribution in [2.24, 2.45) is 5.92 Å². The molecule has 32 heavy (non-hydrogen) atoms. The van der Waals surface area contributed by atoms with Crippen LogP contribution in [0.2, 0.25) is 0 Å². The third-order valence-electron chi connectivity index (χ3n) is 5.36. The molecule has 2 aromatic rings. The topological polar surface area (TPSA) is 99.9 Å². The number of thioether (sulfide) groups is 1. The standard InChI is InChI=1S/C24H24N2O5S/c1-14(2)13-26-18-7-6-15(12-25)10-17(18)23(32-20(24(26)29)11-21(27)28)16-4-3-5-19-22(16)31-9-8-30-19/h3-7,10,14,20,23H,8-9,11,13H2,1-2H3,(H,27,28)/t20-,23-/m1/s1. The highest BCUT2D eigenvalue weighted by atomic mass is 32.2. The monoisotopic (exact) mass is 452 g/mol. The van der Waals surface area contributed by atoms with Crippen LogP contribution in [0.15, 0.2) is 36.4 Å². The molecule has 7 nitrogen and oxygen atoms in total. The molecule has 2 aliphatic heterocycles. The van der Waals surface area contributed by atoms with Crippen LogP contribution in [0.5, 0.6) is 11.5 Å². The maximum absolute atomic E-state index is 13.5. The molecule has 0 unspecified atom stereocenters. The quantitative estimate of drug-likeness (QED) is 0.732. The number of anilines is 1. The summed E-state index contributed by atoms with van der Waals surface area (Å²) in [4.78, 5) is 26.8. The fourth-order valence-corrected chi connectivity index (χ4v) is 5.54. The summed E-state index contributed by atoms with van der Waals surface area (Å²) < 4.78 is 11.7. The molecule has 2 aliphatic rings. The number of benzene rings is 2. The van der Waals surface area contributed by atoms with Crippen LogP contribution in [0.25, 0.3) is 0 Å². The third kappa shape index (κ3) is 4.26.